The van der Waals surface area contributed by atoms with Gasteiger partial charge in [-0.25, -0.2) is 4.98 Å². The number of aromatic amines is 1. The van der Waals surface area contributed by atoms with E-state index in [0.717, 1.165) is 50.8 Å². The minimum Gasteiger partial charge on any atom is -0.384 e. The lowest BCUT2D eigenvalue weighted by molar-refractivity contribution is 0.527. The summed E-state index contributed by atoms with van der Waals surface area (Å²) >= 11 is 8.73. The van der Waals surface area contributed by atoms with Gasteiger partial charge < -0.3 is 10.3 Å². The van der Waals surface area contributed by atoms with E-state index in [9.17, 15) is 4.79 Å². The van der Waals surface area contributed by atoms with Gasteiger partial charge in [0.05, 0.1) is 11.2 Å². The second kappa shape index (κ2) is 8.45. The van der Waals surface area contributed by atoms with Crippen molar-refractivity contribution in [3.8, 4) is 0 Å². The van der Waals surface area contributed by atoms with E-state index in [1.807, 2.05) is 11.4 Å². The van der Waals surface area contributed by atoms with Crippen molar-refractivity contribution in [1.82, 2.24) is 9.97 Å². The molecule has 0 saturated carbocycles. The topological polar surface area (TPSA) is 57.8 Å². The number of aromatic nitrogens is 2. The largest absolute Gasteiger partial charge is 0.384 e. The van der Waals surface area contributed by atoms with Crippen molar-refractivity contribution in [2.45, 2.75) is 44.4 Å². The summed E-state index contributed by atoms with van der Waals surface area (Å²) < 4.78 is 2.98. The van der Waals surface area contributed by atoms with Gasteiger partial charge in [-0.1, -0.05) is 28.8 Å². The molecule has 142 valence electrons. The van der Waals surface area contributed by atoms with Crippen molar-refractivity contribution < 1.29 is 0 Å². The van der Waals surface area contributed by atoms with Crippen LogP contribution in [0.5, 0.6) is 0 Å². The first-order valence-electron chi connectivity index (χ1n) is 9.31. The zero-order valence-corrected chi connectivity index (χ0v) is 18.8. The Morgan fingerprint density at radius 2 is 2.11 bits per heavy atom. The third kappa shape index (κ3) is 4.30. The predicted molar refractivity (Wildman–Crippen MR) is 120 cm³/mol. The smallest absolute Gasteiger partial charge is 0.268 e. The summed E-state index contributed by atoms with van der Waals surface area (Å²) in [6.45, 7) is 1.03. The van der Waals surface area contributed by atoms with Crippen molar-refractivity contribution in [3.05, 3.63) is 54.3 Å². The van der Waals surface area contributed by atoms with Crippen LogP contribution in [0.25, 0.3) is 10.2 Å². The molecule has 0 radical (unpaired) electrons. The van der Waals surface area contributed by atoms with Gasteiger partial charge in [0.1, 0.15) is 10.5 Å². The first kappa shape index (κ1) is 19.2. The molecule has 0 aliphatic carbocycles. The molecular formula is C20H21Br2N3OS. The lowest BCUT2D eigenvalue weighted by Gasteiger charge is -2.28. The lowest BCUT2D eigenvalue weighted by atomic mass is 9.87. The van der Waals surface area contributed by atoms with E-state index in [2.05, 4.69) is 59.3 Å². The fourth-order valence-corrected chi connectivity index (χ4v) is 5.95. The van der Waals surface area contributed by atoms with Crippen molar-refractivity contribution >= 4 is 59.1 Å². The van der Waals surface area contributed by atoms with Gasteiger partial charge in [-0.2, -0.15) is 0 Å². The molecule has 0 fully saturated rings. The van der Waals surface area contributed by atoms with Crippen LogP contribution in [0, 0.1) is 0 Å². The molecule has 1 atom stereocenters. The van der Waals surface area contributed by atoms with Crippen molar-refractivity contribution in [2.24, 2.45) is 0 Å². The molecule has 0 unspecified atom stereocenters. The Hall–Kier alpha value is -1.18. The van der Waals surface area contributed by atoms with E-state index in [1.54, 1.807) is 0 Å². The highest BCUT2D eigenvalue weighted by Crippen LogP contribution is 2.41. The van der Waals surface area contributed by atoms with Crippen LogP contribution < -0.4 is 10.9 Å². The minimum absolute atomic E-state index is 0.00698. The molecule has 2 aromatic heterocycles. The Balaban J connectivity index is 1.31. The monoisotopic (exact) mass is 509 g/mol. The zero-order chi connectivity index (χ0) is 18.8. The number of aryl methyl sites for hydroxylation is 1. The molecule has 3 heterocycles. The van der Waals surface area contributed by atoms with E-state index in [0.29, 0.717) is 5.92 Å². The number of rotatable bonds is 6. The van der Waals surface area contributed by atoms with Crippen LogP contribution in [0.3, 0.4) is 0 Å². The van der Waals surface area contributed by atoms with Crippen molar-refractivity contribution in [3.63, 3.8) is 0 Å². The molecule has 7 heteroatoms. The zero-order valence-electron chi connectivity index (χ0n) is 14.9. The second-order valence-electron chi connectivity index (χ2n) is 7.01. The van der Waals surface area contributed by atoms with Gasteiger partial charge >= 0.3 is 0 Å². The van der Waals surface area contributed by atoms with E-state index in [-0.39, 0.29) is 5.56 Å². The number of anilines is 1. The highest BCUT2D eigenvalue weighted by Gasteiger charge is 2.22. The van der Waals surface area contributed by atoms with E-state index >= 15 is 0 Å². The van der Waals surface area contributed by atoms with Gasteiger partial charge in [0, 0.05) is 21.9 Å². The Labute approximate surface area is 179 Å². The maximum atomic E-state index is 12.0. The van der Waals surface area contributed by atoms with Crippen LogP contribution in [0.15, 0.2) is 37.3 Å². The number of nitrogens with zero attached hydrogens (tertiary/aromatic N) is 1. The molecule has 0 bridgehead atoms. The van der Waals surface area contributed by atoms with Crippen LogP contribution >= 0.6 is 43.2 Å². The molecule has 1 aliphatic heterocycles. The number of thiophene rings is 1. The van der Waals surface area contributed by atoms with E-state index in [1.165, 1.54) is 41.9 Å². The number of halogens is 2. The van der Waals surface area contributed by atoms with Crippen molar-refractivity contribution in [2.75, 3.05) is 11.9 Å². The van der Waals surface area contributed by atoms with E-state index < -0.39 is 0 Å². The molecule has 0 saturated heterocycles. The number of unbranched alkanes of at least 4 members (excludes halogenated alkanes) is 2. The standard InChI is InChI=1S/C20H21Br2N3OS/c21-13-10-14-12(6-8-23-18(14)15(22)11-13)4-2-1-3-5-17-24-16-7-9-27-19(16)20(26)25-17/h7,9-12,23H,1-6,8H2,(H,24,25,26)/t12-/m1/s1. The van der Waals surface area contributed by atoms with Gasteiger partial charge in [0.25, 0.3) is 5.56 Å². The third-order valence-corrected chi connectivity index (χ3v) is 7.14. The molecule has 2 N–H and O–H groups in total. The summed E-state index contributed by atoms with van der Waals surface area (Å²) in [7, 11) is 0. The van der Waals surface area contributed by atoms with Crippen LogP contribution in [-0.2, 0) is 6.42 Å². The minimum atomic E-state index is -0.00698. The highest BCUT2D eigenvalue weighted by molar-refractivity contribution is 9.11. The quantitative estimate of drug-likeness (QED) is 0.387. The van der Waals surface area contributed by atoms with Crippen LogP contribution in [0.1, 0.15) is 49.4 Å². The highest BCUT2D eigenvalue weighted by atomic mass is 79.9. The number of fused-ring (bicyclic) bond motifs is 2. The van der Waals surface area contributed by atoms with Crippen LogP contribution in [-0.4, -0.2) is 16.5 Å². The van der Waals surface area contributed by atoms with Gasteiger partial charge in [0.2, 0.25) is 0 Å². The number of H-pyrrole nitrogens is 1. The van der Waals surface area contributed by atoms with Gasteiger partial charge in [-0.05, 0) is 70.3 Å². The number of hydrogen-bond acceptors (Lipinski definition) is 4. The summed E-state index contributed by atoms with van der Waals surface area (Å²) in [5.74, 6) is 1.42. The molecule has 1 aliphatic rings. The normalized spacial score (nSPS) is 16.3. The summed E-state index contributed by atoms with van der Waals surface area (Å²) in [6, 6.07) is 6.28. The average molecular weight is 511 g/mol. The summed E-state index contributed by atoms with van der Waals surface area (Å²) in [5.41, 5.74) is 3.48. The first-order valence-corrected chi connectivity index (χ1v) is 11.8. The molecule has 0 spiro atoms. The molecule has 4 rings (SSSR count). The van der Waals surface area contributed by atoms with Gasteiger partial charge in [-0.3, -0.25) is 4.79 Å². The number of hydrogen-bond donors (Lipinski definition) is 2. The predicted octanol–water partition coefficient (Wildman–Crippen LogP) is 6.21. The SMILES string of the molecule is O=c1[nH]c(CCCCC[C@@H]2CCNc3c(Br)cc(Br)cc32)nc2ccsc12. The average Bonchev–Trinajstić information content (AvgIpc) is 3.11. The molecule has 4 nitrogen and oxygen atoms in total. The van der Waals surface area contributed by atoms with Gasteiger partial charge in [0.15, 0.2) is 0 Å². The summed E-state index contributed by atoms with van der Waals surface area (Å²) in [6.07, 6.45) is 6.61. The summed E-state index contributed by atoms with van der Waals surface area (Å²) in [4.78, 5) is 19.5. The number of benzene rings is 1. The van der Waals surface area contributed by atoms with Crippen LogP contribution in [0.4, 0.5) is 5.69 Å². The first-order chi connectivity index (χ1) is 13.1. The Bertz CT molecular complexity index is 1010. The Morgan fingerprint density at radius 1 is 1.22 bits per heavy atom. The second-order valence-corrected chi connectivity index (χ2v) is 9.70. The van der Waals surface area contributed by atoms with Crippen molar-refractivity contribution in [1.29, 1.82) is 0 Å². The van der Waals surface area contributed by atoms with E-state index in [4.69, 9.17) is 0 Å². The lowest BCUT2D eigenvalue weighted by Crippen LogP contribution is -2.17. The molecular weight excluding hydrogens is 490 g/mol. The molecule has 27 heavy (non-hydrogen) atoms. The Kier molecular flexibility index (Phi) is 5.99. The van der Waals surface area contributed by atoms with Gasteiger partial charge in [-0.15, -0.1) is 11.3 Å². The molecule has 3 aromatic rings. The Morgan fingerprint density at radius 3 is 3.00 bits per heavy atom. The fourth-order valence-electron chi connectivity index (χ4n) is 3.83. The van der Waals surface area contributed by atoms with Crippen LogP contribution in [0.2, 0.25) is 0 Å². The summed E-state index contributed by atoms with van der Waals surface area (Å²) in [5, 5.41) is 5.44. The maximum Gasteiger partial charge on any atom is 0.268 e. The molecule has 0 amide bonds. The fraction of sp³-hybridized carbons (Fsp3) is 0.400. The molecule has 1 aromatic carbocycles. The maximum absolute atomic E-state index is 12.0. The third-order valence-electron chi connectivity index (χ3n) is 5.15. The number of nitrogens with one attached hydrogen (secondary N) is 2.